The Labute approximate surface area is 71.7 Å². The van der Waals surface area contributed by atoms with E-state index in [1.807, 2.05) is 6.92 Å². The SMILES string of the molecule is CC1(OC(=O)O)CC2CCC1C2. The second-order valence-electron chi connectivity index (χ2n) is 4.26. The number of rotatable bonds is 1. The van der Waals surface area contributed by atoms with Crippen molar-refractivity contribution in [2.75, 3.05) is 0 Å². The van der Waals surface area contributed by atoms with E-state index >= 15 is 0 Å². The molecule has 3 nitrogen and oxygen atoms in total. The number of carbonyl (C=O) groups is 1. The van der Waals surface area contributed by atoms with Gasteiger partial charge in [0.25, 0.3) is 0 Å². The van der Waals surface area contributed by atoms with Crippen LogP contribution in [0.5, 0.6) is 0 Å². The van der Waals surface area contributed by atoms with Gasteiger partial charge in [-0.2, -0.15) is 0 Å². The van der Waals surface area contributed by atoms with Gasteiger partial charge in [-0.15, -0.1) is 0 Å². The summed E-state index contributed by atoms with van der Waals surface area (Å²) in [7, 11) is 0. The highest BCUT2D eigenvalue weighted by Crippen LogP contribution is 2.52. The largest absolute Gasteiger partial charge is 0.506 e. The summed E-state index contributed by atoms with van der Waals surface area (Å²) in [5.74, 6) is 1.21. The highest BCUT2D eigenvalue weighted by atomic mass is 16.7. The second kappa shape index (κ2) is 2.38. The Balaban J connectivity index is 2.07. The van der Waals surface area contributed by atoms with E-state index in [-0.39, 0.29) is 5.60 Å². The van der Waals surface area contributed by atoms with Gasteiger partial charge in [-0.3, -0.25) is 0 Å². The van der Waals surface area contributed by atoms with Crippen LogP contribution in [0.1, 0.15) is 32.6 Å². The lowest BCUT2D eigenvalue weighted by molar-refractivity contribution is -0.0407. The predicted octanol–water partition coefficient (Wildman–Crippen LogP) is 2.26. The zero-order chi connectivity index (χ0) is 8.77. The zero-order valence-electron chi connectivity index (χ0n) is 7.25. The summed E-state index contributed by atoms with van der Waals surface area (Å²) in [5.41, 5.74) is -0.366. The molecule has 68 valence electrons. The first-order valence-electron chi connectivity index (χ1n) is 4.52. The highest BCUT2D eigenvalue weighted by Gasteiger charge is 2.50. The molecule has 0 saturated heterocycles. The van der Waals surface area contributed by atoms with Crippen LogP contribution in [0, 0.1) is 11.8 Å². The van der Waals surface area contributed by atoms with Crippen LogP contribution in [0.2, 0.25) is 0 Å². The van der Waals surface area contributed by atoms with E-state index in [1.165, 1.54) is 12.8 Å². The Kier molecular flexibility index (Phi) is 1.56. The van der Waals surface area contributed by atoms with Gasteiger partial charge in [0, 0.05) is 0 Å². The Hall–Kier alpha value is -0.730. The van der Waals surface area contributed by atoms with Gasteiger partial charge < -0.3 is 9.84 Å². The molecule has 1 N–H and O–H groups in total. The van der Waals surface area contributed by atoms with Gasteiger partial charge in [0.15, 0.2) is 0 Å². The van der Waals surface area contributed by atoms with Crippen LogP contribution in [0.4, 0.5) is 4.79 Å². The second-order valence-corrected chi connectivity index (χ2v) is 4.26. The molecule has 12 heavy (non-hydrogen) atoms. The first kappa shape index (κ1) is 7.90. The van der Waals surface area contributed by atoms with Crippen molar-refractivity contribution in [3.05, 3.63) is 0 Å². The molecule has 2 bridgehead atoms. The molecule has 2 aliphatic carbocycles. The average Bonchev–Trinajstić information content (AvgIpc) is 2.42. The summed E-state index contributed by atoms with van der Waals surface area (Å²) in [4.78, 5) is 10.4. The van der Waals surface area contributed by atoms with Crippen molar-refractivity contribution < 1.29 is 14.6 Å². The summed E-state index contributed by atoms with van der Waals surface area (Å²) in [6.45, 7) is 1.94. The molecular weight excluding hydrogens is 156 g/mol. The Bertz CT molecular complexity index is 214. The van der Waals surface area contributed by atoms with E-state index in [0.717, 1.165) is 18.8 Å². The van der Waals surface area contributed by atoms with Gasteiger partial charge in [-0.05, 0) is 44.4 Å². The fourth-order valence-corrected chi connectivity index (χ4v) is 2.88. The van der Waals surface area contributed by atoms with Crippen LogP contribution in [-0.4, -0.2) is 16.9 Å². The Morgan fingerprint density at radius 2 is 2.33 bits per heavy atom. The first-order chi connectivity index (χ1) is 5.60. The molecule has 0 spiro atoms. The van der Waals surface area contributed by atoms with E-state index in [9.17, 15) is 4.79 Å². The minimum Gasteiger partial charge on any atom is -0.450 e. The van der Waals surface area contributed by atoms with Crippen molar-refractivity contribution in [1.82, 2.24) is 0 Å². The number of fused-ring (bicyclic) bond motifs is 2. The molecule has 0 aromatic carbocycles. The highest BCUT2D eigenvalue weighted by molar-refractivity contribution is 5.57. The minimum atomic E-state index is -1.12. The smallest absolute Gasteiger partial charge is 0.450 e. The number of hydrogen-bond donors (Lipinski definition) is 1. The predicted molar refractivity (Wildman–Crippen MR) is 43.0 cm³/mol. The summed E-state index contributed by atoms with van der Waals surface area (Å²) >= 11 is 0. The van der Waals surface area contributed by atoms with E-state index in [2.05, 4.69) is 0 Å². The lowest BCUT2D eigenvalue weighted by Gasteiger charge is -2.32. The van der Waals surface area contributed by atoms with E-state index in [4.69, 9.17) is 9.84 Å². The lowest BCUT2D eigenvalue weighted by atomic mass is 9.86. The fraction of sp³-hybridized carbons (Fsp3) is 0.889. The van der Waals surface area contributed by atoms with Crippen molar-refractivity contribution in [3.63, 3.8) is 0 Å². The molecule has 0 radical (unpaired) electrons. The average molecular weight is 170 g/mol. The molecule has 2 aliphatic rings. The molecule has 0 aromatic rings. The summed E-state index contributed by atoms with van der Waals surface area (Å²) in [6, 6.07) is 0. The molecule has 0 heterocycles. The van der Waals surface area contributed by atoms with Gasteiger partial charge in [0.05, 0.1) is 0 Å². The maximum atomic E-state index is 10.4. The number of carboxylic acid groups (broad SMARTS) is 1. The van der Waals surface area contributed by atoms with Crippen LogP contribution >= 0.6 is 0 Å². The van der Waals surface area contributed by atoms with E-state index < -0.39 is 6.16 Å². The number of ether oxygens (including phenoxy) is 1. The van der Waals surface area contributed by atoms with Gasteiger partial charge in [0.2, 0.25) is 0 Å². The molecule has 2 saturated carbocycles. The van der Waals surface area contributed by atoms with E-state index in [1.54, 1.807) is 0 Å². The van der Waals surface area contributed by atoms with Crippen LogP contribution in [0.15, 0.2) is 0 Å². The number of hydrogen-bond acceptors (Lipinski definition) is 2. The third-order valence-electron chi connectivity index (χ3n) is 3.42. The van der Waals surface area contributed by atoms with Crippen molar-refractivity contribution in [1.29, 1.82) is 0 Å². The molecule has 3 unspecified atom stereocenters. The zero-order valence-corrected chi connectivity index (χ0v) is 7.25. The quantitative estimate of drug-likeness (QED) is 0.614. The van der Waals surface area contributed by atoms with Crippen LogP contribution in [-0.2, 0) is 4.74 Å². The third-order valence-corrected chi connectivity index (χ3v) is 3.42. The van der Waals surface area contributed by atoms with Crippen LogP contribution in [0.3, 0.4) is 0 Å². The van der Waals surface area contributed by atoms with Gasteiger partial charge in [-0.25, -0.2) is 4.79 Å². The molecule has 2 fully saturated rings. The van der Waals surface area contributed by atoms with Gasteiger partial charge >= 0.3 is 6.16 Å². The standard InChI is InChI=1S/C9H14O3/c1-9(12-8(10)11)5-6-2-3-7(9)4-6/h6-7H,2-5H2,1H3,(H,10,11). The summed E-state index contributed by atoms with van der Waals surface area (Å²) in [6.07, 6.45) is 3.40. The third kappa shape index (κ3) is 1.08. The molecule has 3 atom stereocenters. The van der Waals surface area contributed by atoms with E-state index in [0.29, 0.717) is 5.92 Å². The molecule has 0 aromatic heterocycles. The van der Waals surface area contributed by atoms with Crippen LogP contribution in [0.25, 0.3) is 0 Å². The molecule has 2 rings (SSSR count). The summed E-state index contributed by atoms with van der Waals surface area (Å²) < 4.78 is 4.95. The Morgan fingerprint density at radius 1 is 1.58 bits per heavy atom. The maximum absolute atomic E-state index is 10.4. The molecule has 3 heteroatoms. The Morgan fingerprint density at radius 3 is 2.75 bits per heavy atom. The maximum Gasteiger partial charge on any atom is 0.506 e. The van der Waals surface area contributed by atoms with Crippen molar-refractivity contribution in [3.8, 4) is 0 Å². The first-order valence-corrected chi connectivity index (χ1v) is 4.52. The molecule has 0 amide bonds. The normalized spacial score (nSPS) is 44.8. The lowest BCUT2D eigenvalue weighted by Crippen LogP contribution is -2.36. The monoisotopic (exact) mass is 170 g/mol. The van der Waals surface area contributed by atoms with Gasteiger partial charge in [-0.1, -0.05) is 0 Å². The van der Waals surface area contributed by atoms with Crippen molar-refractivity contribution in [2.24, 2.45) is 11.8 Å². The molecule has 0 aliphatic heterocycles. The fourth-order valence-electron chi connectivity index (χ4n) is 2.88. The summed E-state index contributed by atoms with van der Waals surface area (Å²) in [5, 5.41) is 8.55. The van der Waals surface area contributed by atoms with Crippen molar-refractivity contribution >= 4 is 6.16 Å². The van der Waals surface area contributed by atoms with Crippen molar-refractivity contribution in [2.45, 2.75) is 38.2 Å². The van der Waals surface area contributed by atoms with Gasteiger partial charge in [0.1, 0.15) is 5.60 Å². The topological polar surface area (TPSA) is 46.5 Å². The molecular formula is C9H14O3. The van der Waals surface area contributed by atoms with Crippen LogP contribution < -0.4 is 0 Å². The minimum absolute atomic E-state index is 0.366.